The number of ether oxygens (including phenoxy) is 2. The lowest BCUT2D eigenvalue weighted by atomic mass is 9.66. The maximum atomic E-state index is 6.81. The van der Waals surface area contributed by atoms with Crippen molar-refractivity contribution in [1.82, 2.24) is 0 Å². The first-order valence-electron chi connectivity index (χ1n) is 23.8. The molecule has 0 saturated heterocycles. The molecule has 0 aromatic heterocycles. The van der Waals surface area contributed by atoms with Gasteiger partial charge in [-0.15, -0.1) is 0 Å². The SMILES string of the molecule is c1ccc(-c2ccc(N(c3cccc4c3-c3ccccc3C43c4ccccc4Oc4ccccc43)c3cccc4c3-c3c(ccc5ccccc35)C43c4ccccc4Oc4ccccc43)cc2)cc1. The van der Waals surface area contributed by atoms with Crippen molar-refractivity contribution in [3.63, 3.8) is 0 Å². The molecule has 322 valence electrons. The van der Waals surface area contributed by atoms with Gasteiger partial charge in [0.15, 0.2) is 0 Å². The molecule has 0 N–H and O–H groups in total. The summed E-state index contributed by atoms with van der Waals surface area (Å²) in [4.78, 5) is 2.56. The summed E-state index contributed by atoms with van der Waals surface area (Å²) in [7, 11) is 0. The van der Waals surface area contributed by atoms with Gasteiger partial charge in [-0.3, -0.25) is 0 Å². The second-order valence-corrected chi connectivity index (χ2v) is 18.6. The lowest BCUT2D eigenvalue weighted by Gasteiger charge is -2.40. The summed E-state index contributed by atoms with van der Waals surface area (Å²) in [6.07, 6.45) is 0. The number of fused-ring (bicyclic) bond motifs is 20. The van der Waals surface area contributed by atoms with Crippen LogP contribution in [0.25, 0.3) is 44.2 Å². The third kappa shape index (κ3) is 5.01. The van der Waals surface area contributed by atoms with E-state index in [0.29, 0.717) is 0 Å². The lowest BCUT2D eigenvalue weighted by Crippen LogP contribution is -2.32. The molecule has 11 aromatic rings. The first kappa shape index (κ1) is 38.2. The van der Waals surface area contributed by atoms with Crippen molar-refractivity contribution in [2.45, 2.75) is 10.8 Å². The molecule has 3 heteroatoms. The Kier molecular flexibility index (Phi) is 7.92. The molecular weight excluding hydrogens is 839 g/mol. The second kappa shape index (κ2) is 14.3. The van der Waals surface area contributed by atoms with Gasteiger partial charge in [0.25, 0.3) is 0 Å². The van der Waals surface area contributed by atoms with Crippen LogP contribution in [0.2, 0.25) is 0 Å². The van der Waals surface area contributed by atoms with Crippen LogP contribution in [0.15, 0.2) is 249 Å². The summed E-state index contributed by atoms with van der Waals surface area (Å²) in [5, 5.41) is 2.43. The molecule has 2 aliphatic heterocycles. The van der Waals surface area contributed by atoms with Crippen molar-refractivity contribution in [2.24, 2.45) is 0 Å². The number of hydrogen-bond acceptors (Lipinski definition) is 3. The van der Waals surface area contributed by atoms with Gasteiger partial charge < -0.3 is 14.4 Å². The fourth-order valence-corrected chi connectivity index (χ4v) is 12.8. The highest BCUT2D eigenvalue weighted by molar-refractivity contribution is 6.10. The van der Waals surface area contributed by atoms with Crippen molar-refractivity contribution in [3.8, 4) is 56.4 Å². The molecule has 0 saturated carbocycles. The first-order chi connectivity index (χ1) is 34.2. The molecule has 15 rings (SSSR count). The van der Waals surface area contributed by atoms with Crippen LogP contribution in [0.3, 0.4) is 0 Å². The number of rotatable bonds is 4. The van der Waals surface area contributed by atoms with Crippen LogP contribution >= 0.6 is 0 Å². The van der Waals surface area contributed by atoms with Crippen LogP contribution in [0.1, 0.15) is 44.5 Å². The van der Waals surface area contributed by atoms with Crippen LogP contribution in [0, 0.1) is 0 Å². The van der Waals surface area contributed by atoms with Gasteiger partial charge in [-0.05, 0) is 104 Å². The van der Waals surface area contributed by atoms with Crippen LogP contribution in [-0.2, 0) is 10.8 Å². The number of hydrogen-bond donors (Lipinski definition) is 0. The minimum atomic E-state index is -0.663. The highest BCUT2D eigenvalue weighted by Crippen LogP contribution is 2.67. The van der Waals surface area contributed by atoms with E-state index in [4.69, 9.17) is 9.47 Å². The minimum absolute atomic E-state index is 0.628. The summed E-state index contributed by atoms with van der Waals surface area (Å²) < 4.78 is 13.6. The summed E-state index contributed by atoms with van der Waals surface area (Å²) in [5.74, 6) is 3.51. The van der Waals surface area contributed by atoms with Crippen molar-refractivity contribution < 1.29 is 9.47 Å². The predicted molar refractivity (Wildman–Crippen MR) is 279 cm³/mol. The van der Waals surface area contributed by atoms with E-state index in [1.165, 1.54) is 66.4 Å². The molecule has 0 unspecified atom stereocenters. The molecule has 4 aliphatic rings. The Morgan fingerprint density at radius 2 is 0.710 bits per heavy atom. The average Bonchev–Trinajstić information content (AvgIpc) is 3.89. The van der Waals surface area contributed by atoms with Gasteiger partial charge in [-0.25, -0.2) is 0 Å². The molecule has 2 heterocycles. The zero-order valence-corrected chi connectivity index (χ0v) is 37.4. The van der Waals surface area contributed by atoms with Crippen molar-refractivity contribution in [1.29, 1.82) is 0 Å². The Balaban J connectivity index is 1.08. The molecule has 2 aliphatic carbocycles. The third-order valence-corrected chi connectivity index (χ3v) is 15.4. The van der Waals surface area contributed by atoms with Gasteiger partial charge in [0.05, 0.1) is 22.2 Å². The van der Waals surface area contributed by atoms with Gasteiger partial charge >= 0.3 is 0 Å². The third-order valence-electron chi connectivity index (χ3n) is 15.4. The van der Waals surface area contributed by atoms with Crippen LogP contribution in [-0.4, -0.2) is 0 Å². The highest BCUT2D eigenvalue weighted by atomic mass is 16.5. The minimum Gasteiger partial charge on any atom is -0.457 e. The van der Waals surface area contributed by atoms with Crippen molar-refractivity contribution >= 4 is 27.8 Å². The van der Waals surface area contributed by atoms with Gasteiger partial charge in [-0.1, -0.05) is 200 Å². The summed E-state index contributed by atoms with van der Waals surface area (Å²) in [5.41, 5.74) is 18.8. The van der Waals surface area contributed by atoms with Gasteiger partial charge in [0.1, 0.15) is 23.0 Å². The smallest absolute Gasteiger partial charge is 0.132 e. The largest absolute Gasteiger partial charge is 0.457 e. The topological polar surface area (TPSA) is 21.7 Å². The van der Waals surface area contributed by atoms with E-state index in [1.54, 1.807) is 0 Å². The number of benzene rings is 11. The molecule has 2 spiro atoms. The monoisotopic (exact) mass is 879 g/mol. The quantitative estimate of drug-likeness (QED) is 0.176. The Labute approximate surface area is 400 Å². The molecule has 11 aromatic carbocycles. The van der Waals surface area contributed by atoms with E-state index in [1.807, 2.05) is 0 Å². The van der Waals surface area contributed by atoms with E-state index in [9.17, 15) is 0 Å². The average molecular weight is 880 g/mol. The van der Waals surface area contributed by atoms with Gasteiger partial charge in [0.2, 0.25) is 0 Å². The lowest BCUT2D eigenvalue weighted by molar-refractivity contribution is 0.436. The molecule has 0 atom stereocenters. The zero-order chi connectivity index (χ0) is 45.3. The molecule has 69 heavy (non-hydrogen) atoms. The van der Waals surface area contributed by atoms with Crippen molar-refractivity contribution in [2.75, 3.05) is 4.90 Å². The van der Waals surface area contributed by atoms with E-state index in [2.05, 4.69) is 254 Å². The zero-order valence-electron chi connectivity index (χ0n) is 37.4. The number of nitrogens with zero attached hydrogens (tertiary/aromatic N) is 1. The normalized spacial score (nSPS) is 14.3. The Morgan fingerprint density at radius 1 is 0.275 bits per heavy atom. The molecule has 0 amide bonds. The molecule has 0 radical (unpaired) electrons. The Morgan fingerprint density at radius 3 is 1.32 bits per heavy atom. The van der Waals surface area contributed by atoms with E-state index in [-0.39, 0.29) is 0 Å². The number of anilines is 3. The second-order valence-electron chi connectivity index (χ2n) is 18.6. The van der Waals surface area contributed by atoms with Gasteiger partial charge in [-0.2, -0.15) is 0 Å². The molecular formula is C66H41NO2. The summed E-state index contributed by atoms with van der Waals surface area (Å²) >= 11 is 0. The van der Waals surface area contributed by atoms with Gasteiger partial charge in [0, 0.05) is 39.1 Å². The number of para-hydroxylation sites is 4. The van der Waals surface area contributed by atoms with Crippen molar-refractivity contribution in [3.05, 3.63) is 293 Å². The maximum Gasteiger partial charge on any atom is 0.132 e. The Hall–Kier alpha value is -8.92. The van der Waals surface area contributed by atoms with Crippen LogP contribution < -0.4 is 14.4 Å². The fraction of sp³-hybridized carbons (Fsp3) is 0.0303. The molecule has 0 fully saturated rings. The maximum absolute atomic E-state index is 6.81. The Bertz CT molecular complexity index is 3830. The molecule has 0 bridgehead atoms. The van der Waals surface area contributed by atoms with E-state index >= 15 is 0 Å². The summed E-state index contributed by atoms with van der Waals surface area (Å²) in [6.45, 7) is 0. The van der Waals surface area contributed by atoms with E-state index < -0.39 is 10.8 Å². The highest BCUT2D eigenvalue weighted by Gasteiger charge is 2.54. The first-order valence-corrected chi connectivity index (χ1v) is 23.8. The molecule has 3 nitrogen and oxygen atoms in total. The van der Waals surface area contributed by atoms with E-state index in [0.717, 1.165) is 62.3 Å². The predicted octanol–water partition coefficient (Wildman–Crippen LogP) is 16.9. The van der Waals surface area contributed by atoms with Crippen LogP contribution in [0.4, 0.5) is 17.1 Å². The fourth-order valence-electron chi connectivity index (χ4n) is 12.8. The standard InChI is InChI=1S/C66H41NO2/c1-2-18-42(19-3-1)43-36-39-45(40-37-43)67(56-30-16-28-53-62(56)47-22-6-7-23-48(47)65(53)49-24-8-12-32-58(49)68-59-33-13-9-25-50(59)65)57-31-17-29-54-64(57)63-46-21-5-4-20-44(46)38-41-55(63)66(54)51-26-10-14-34-60(51)69-61-35-15-11-27-52(61)66/h1-41H. The van der Waals surface area contributed by atoms with Crippen LogP contribution in [0.5, 0.6) is 23.0 Å². The summed E-state index contributed by atoms with van der Waals surface area (Å²) in [6, 6.07) is 91.0.